The predicted octanol–water partition coefficient (Wildman–Crippen LogP) is 5.93. The molecule has 0 saturated carbocycles. The van der Waals surface area contributed by atoms with Gasteiger partial charge in [0.15, 0.2) is 0 Å². The summed E-state index contributed by atoms with van der Waals surface area (Å²) < 4.78 is 41.1. The standard InChI is InChI=1S/C26H23F3N2O2/c1-17-10-11-21-22(16-31(23(21)12-17)15-18-6-3-2-4-7-18)24(25(32)33)30-14-19-8-5-9-20(13-19)26(27,28)29/h2-13,16,24,30H,14-15H2,1H3,(H,32,33). The summed E-state index contributed by atoms with van der Waals surface area (Å²) in [6, 6.07) is 19.5. The van der Waals surface area contributed by atoms with Crippen LogP contribution in [0.2, 0.25) is 0 Å². The second-order valence-corrected chi connectivity index (χ2v) is 8.07. The summed E-state index contributed by atoms with van der Waals surface area (Å²) in [4.78, 5) is 12.2. The number of aromatic nitrogens is 1. The molecule has 0 aliphatic carbocycles. The van der Waals surface area contributed by atoms with Crippen LogP contribution in [0, 0.1) is 6.92 Å². The van der Waals surface area contributed by atoms with Crippen LogP contribution in [-0.2, 0) is 24.1 Å². The van der Waals surface area contributed by atoms with E-state index in [9.17, 15) is 23.1 Å². The van der Waals surface area contributed by atoms with Crippen LogP contribution in [0.3, 0.4) is 0 Å². The van der Waals surface area contributed by atoms with Crippen molar-refractivity contribution >= 4 is 16.9 Å². The van der Waals surface area contributed by atoms with Crippen LogP contribution in [-0.4, -0.2) is 15.6 Å². The monoisotopic (exact) mass is 452 g/mol. The van der Waals surface area contributed by atoms with Crippen LogP contribution in [0.15, 0.2) is 79.0 Å². The zero-order chi connectivity index (χ0) is 23.6. The van der Waals surface area contributed by atoms with Gasteiger partial charge in [-0.3, -0.25) is 10.1 Å². The van der Waals surface area contributed by atoms with E-state index < -0.39 is 23.8 Å². The molecule has 3 aromatic carbocycles. The number of hydrogen-bond acceptors (Lipinski definition) is 2. The smallest absolute Gasteiger partial charge is 0.416 e. The van der Waals surface area contributed by atoms with Gasteiger partial charge in [0, 0.05) is 35.8 Å². The Kier molecular flexibility index (Phi) is 6.24. The van der Waals surface area contributed by atoms with Crippen molar-refractivity contribution in [3.8, 4) is 0 Å². The summed E-state index contributed by atoms with van der Waals surface area (Å²) in [5.41, 5.74) is 3.20. The van der Waals surface area contributed by atoms with Gasteiger partial charge in [-0.15, -0.1) is 0 Å². The highest BCUT2D eigenvalue weighted by Crippen LogP contribution is 2.31. The molecule has 2 N–H and O–H groups in total. The molecule has 33 heavy (non-hydrogen) atoms. The van der Waals surface area contributed by atoms with Gasteiger partial charge in [-0.25, -0.2) is 0 Å². The maximum absolute atomic E-state index is 13.0. The molecule has 4 nitrogen and oxygen atoms in total. The average Bonchev–Trinajstić information content (AvgIpc) is 3.11. The lowest BCUT2D eigenvalue weighted by Crippen LogP contribution is -2.28. The Hall–Kier alpha value is -3.58. The second kappa shape index (κ2) is 9.11. The molecule has 0 spiro atoms. The molecule has 4 aromatic rings. The lowest BCUT2D eigenvalue weighted by molar-refractivity contribution is -0.140. The van der Waals surface area contributed by atoms with Crippen molar-refractivity contribution in [2.24, 2.45) is 0 Å². The highest BCUT2D eigenvalue weighted by Gasteiger charge is 2.30. The minimum Gasteiger partial charge on any atom is -0.480 e. The summed E-state index contributed by atoms with van der Waals surface area (Å²) >= 11 is 0. The van der Waals surface area contributed by atoms with E-state index >= 15 is 0 Å². The van der Waals surface area contributed by atoms with Crippen LogP contribution in [0.25, 0.3) is 10.9 Å². The topological polar surface area (TPSA) is 54.3 Å². The number of nitrogens with one attached hydrogen (secondary N) is 1. The van der Waals surface area contributed by atoms with Gasteiger partial charge in [-0.05, 0) is 35.7 Å². The van der Waals surface area contributed by atoms with Crippen molar-refractivity contribution in [1.29, 1.82) is 0 Å². The Morgan fingerprint density at radius 2 is 1.73 bits per heavy atom. The van der Waals surface area contributed by atoms with Crippen molar-refractivity contribution in [1.82, 2.24) is 9.88 Å². The minimum atomic E-state index is -4.45. The first-order valence-electron chi connectivity index (χ1n) is 10.5. The number of alkyl halides is 3. The third-order valence-corrected chi connectivity index (χ3v) is 5.59. The minimum absolute atomic E-state index is 0.0158. The van der Waals surface area contributed by atoms with Crippen molar-refractivity contribution < 1.29 is 23.1 Å². The quantitative estimate of drug-likeness (QED) is 0.365. The molecule has 7 heteroatoms. The zero-order valence-electron chi connectivity index (χ0n) is 17.9. The Morgan fingerprint density at radius 1 is 1.00 bits per heavy atom. The first-order valence-corrected chi connectivity index (χ1v) is 10.5. The number of carboxylic acid groups (broad SMARTS) is 1. The van der Waals surface area contributed by atoms with E-state index in [4.69, 9.17) is 0 Å². The van der Waals surface area contributed by atoms with Gasteiger partial charge >= 0.3 is 12.1 Å². The van der Waals surface area contributed by atoms with Crippen LogP contribution in [0.1, 0.15) is 33.9 Å². The zero-order valence-corrected chi connectivity index (χ0v) is 17.9. The number of aryl methyl sites for hydroxylation is 1. The second-order valence-electron chi connectivity index (χ2n) is 8.07. The maximum atomic E-state index is 13.0. The molecule has 1 aromatic heterocycles. The van der Waals surface area contributed by atoms with E-state index in [-0.39, 0.29) is 6.54 Å². The number of nitrogens with zero attached hydrogens (tertiary/aromatic N) is 1. The Labute approximate surface area is 189 Å². The van der Waals surface area contributed by atoms with Gasteiger partial charge in [0.1, 0.15) is 6.04 Å². The Balaban J connectivity index is 1.67. The summed E-state index contributed by atoms with van der Waals surface area (Å²) in [5.74, 6) is -1.10. The van der Waals surface area contributed by atoms with E-state index in [1.807, 2.05) is 66.2 Å². The van der Waals surface area contributed by atoms with Gasteiger partial charge < -0.3 is 9.67 Å². The number of rotatable bonds is 7. The van der Waals surface area contributed by atoms with Crippen molar-refractivity contribution in [2.75, 3.05) is 0 Å². The van der Waals surface area contributed by atoms with Crippen molar-refractivity contribution in [2.45, 2.75) is 32.2 Å². The fourth-order valence-electron chi connectivity index (χ4n) is 3.98. The normalized spacial score (nSPS) is 12.7. The highest BCUT2D eigenvalue weighted by molar-refractivity contribution is 5.90. The first kappa shape index (κ1) is 22.6. The highest BCUT2D eigenvalue weighted by atomic mass is 19.4. The Morgan fingerprint density at radius 3 is 2.42 bits per heavy atom. The molecule has 0 aliphatic heterocycles. The lowest BCUT2D eigenvalue weighted by atomic mass is 10.0. The molecule has 170 valence electrons. The number of aliphatic carboxylic acids is 1. The van der Waals surface area contributed by atoms with Gasteiger partial charge in [0.2, 0.25) is 0 Å². The summed E-state index contributed by atoms with van der Waals surface area (Å²) in [6.07, 6.45) is -2.64. The predicted molar refractivity (Wildman–Crippen MR) is 121 cm³/mol. The SMILES string of the molecule is Cc1ccc2c(C(NCc3cccc(C(F)(F)F)c3)C(=O)O)cn(Cc3ccccc3)c2c1. The van der Waals surface area contributed by atoms with Crippen LogP contribution >= 0.6 is 0 Å². The average molecular weight is 452 g/mol. The molecule has 0 fully saturated rings. The van der Waals surface area contributed by atoms with E-state index in [1.54, 1.807) is 6.07 Å². The summed E-state index contributed by atoms with van der Waals surface area (Å²) in [7, 11) is 0. The third kappa shape index (κ3) is 5.09. The third-order valence-electron chi connectivity index (χ3n) is 5.59. The van der Waals surface area contributed by atoms with E-state index in [0.717, 1.165) is 34.2 Å². The number of carbonyl (C=O) groups is 1. The Bertz CT molecular complexity index is 1280. The van der Waals surface area contributed by atoms with Crippen molar-refractivity contribution in [3.05, 3.63) is 107 Å². The summed E-state index contributed by atoms with van der Waals surface area (Å²) in [6.45, 7) is 2.53. The fourth-order valence-corrected chi connectivity index (χ4v) is 3.98. The number of halogens is 3. The molecule has 0 saturated heterocycles. The molecule has 4 rings (SSSR count). The van der Waals surface area contributed by atoms with Crippen molar-refractivity contribution in [3.63, 3.8) is 0 Å². The lowest BCUT2D eigenvalue weighted by Gasteiger charge is -2.15. The molecular formula is C26H23F3N2O2. The molecule has 1 unspecified atom stereocenters. The van der Waals surface area contributed by atoms with Crippen LogP contribution < -0.4 is 5.32 Å². The maximum Gasteiger partial charge on any atom is 0.416 e. The van der Waals surface area contributed by atoms with E-state index in [0.29, 0.717) is 17.7 Å². The van der Waals surface area contributed by atoms with Gasteiger partial charge in [0.25, 0.3) is 0 Å². The number of fused-ring (bicyclic) bond motifs is 1. The van der Waals surface area contributed by atoms with Crippen LogP contribution in [0.4, 0.5) is 13.2 Å². The molecule has 0 radical (unpaired) electrons. The molecular weight excluding hydrogens is 429 g/mol. The fraction of sp³-hybridized carbons (Fsp3) is 0.192. The van der Waals surface area contributed by atoms with Gasteiger partial charge in [0.05, 0.1) is 5.56 Å². The molecule has 0 amide bonds. The number of hydrogen-bond donors (Lipinski definition) is 2. The summed E-state index contributed by atoms with van der Waals surface area (Å²) in [5, 5.41) is 13.7. The number of carboxylic acids is 1. The molecule has 1 atom stereocenters. The van der Waals surface area contributed by atoms with E-state index in [1.165, 1.54) is 6.07 Å². The first-order chi connectivity index (χ1) is 15.7. The molecule has 1 heterocycles. The van der Waals surface area contributed by atoms with E-state index in [2.05, 4.69) is 5.32 Å². The molecule has 0 bridgehead atoms. The van der Waals surface area contributed by atoms with Gasteiger partial charge in [-0.2, -0.15) is 13.2 Å². The molecule has 0 aliphatic rings. The van der Waals surface area contributed by atoms with Gasteiger partial charge in [-0.1, -0.05) is 60.7 Å². The number of benzene rings is 3. The largest absolute Gasteiger partial charge is 0.480 e. The van der Waals surface area contributed by atoms with Crippen LogP contribution in [0.5, 0.6) is 0 Å².